The summed E-state index contributed by atoms with van der Waals surface area (Å²) < 4.78 is 121. The molecule has 564 valence electrons. The summed E-state index contributed by atoms with van der Waals surface area (Å²) in [7, 11) is 6.41. The van der Waals surface area contributed by atoms with Gasteiger partial charge in [0.1, 0.15) is 24.4 Å². The first-order valence-electron chi connectivity index (χ1n) is 33.8. The fourth-order valence-electron chi connectivity index (χ4n) is 8.58. The van der Waals surface area contributed by atoms with Gasteiger partial charge >= 0.3 is 18.2 Å². The molecule has 0 aliphatic carbocycles. The Bertz CT molecular complexity index is 2390. The minimum absolute atomic E-state index is 0.00766. The van der Waals surface area contributed by atoms with E-state index in [1.807, 2.05) is 36.4 Å². The first-order chi connectivity index (χ1) is 48.2. The zero-order chi connectivity index (χ0) is 71.5. The molecule has 29 nitrogen and oxygen atoms in total. The number of carbonyl (C=O) groups excluding carboxylic acids is 3. The Hall–Kier alpha value is -6.10. The van der Waals surface area contributed by atoms with Crippen molar-refractivity contribution < 1.29 is 124 Å². The Kier molecular flexibility index (Phi) is 51.5. The number of nitrogens with one attached hydrogen (secondary N) is 3. The van der Waals surface area contributed by atoms with Gasteiger partial charge in [0.15, 0.2) is 11.5 Å². The monoisotopic (exact) mass is 1410 g/mol. The molecule has 0 aromatic heterocycles. The Morgan fingerprint density at radius 3 is 1.15 bits per heavy atom. The molecule has 29 heteroatoms. The van der Waals surface area contributed by atoms with Crippen LogP contribution >= 0.6 is 0 Å². The molecule has 0 saturated heterocycles. The van der Waals surface area contributed by atoms with Crippen LogP contribution in [0, 0.1) is 0 Å². The molecule has 3 aromatic rings. The number of benzene rings is 3. The third-order valence-electron chi connectivity index (χ3n) is 13.4. The largest absolute Gasteiger partial charge is 0.486 e. The van der Waals surface area contributed by atoms with Crippen LogP contribution in [0.15, 0.2) is 60.7 Å². The average Bonchev–Trinajstić information content (AvgIpc) is 0.809. The number of carboxylic acids is 1. The number of aromatic carboxylic acids is 1. The van der Waals surface area contributed by atoms with Crippen LogP contribution in [0.5, 0.6) is 17.2 Å². The molecular weight excluding hydrogens is 1300 g/mol. The molecule has 0 aliphatic rings. The van der Waals surface area contributed by atoms with Gasteiger partial charge in [-0.05, 0) is 93.8 Å². The highest BCUT2D eigenvalue weighted by molar-refractivity contribution is 5.95. The lowest BCUT2D eigenvalue weighted by atomic mass is 9.99. The van der Waals surface area contributed by atoms with Gasteiger partial charge < -0.3 is 121 Å². The molecule has 0 bridgehead atoms. The van der Waals surface area contributed by atoms with Gasteiger partial charge in [-0.15, -0.1) is 0 Å². The van der Waals surface area contributed by atoms with Gasteiger partial charge in [-0.3, -0.25) is 4.79 Å². The number of alkyl carbamates (subject to hydrolysis) is 2. The van der Waals surface area contributed by atoms with E-state index < -0.39 is 41.9 Å². The lowest BCUT2D eigenvalue weighted by Crippen LogP contribution is -2.33. The van der Waals surface area contributed by atoms with Crippen LogP contribution < -0.4 is 30.2 Å². The van der Waals surface area contributed by atoms with E-state index in [2.05, 4.69) is 16.0 Å². The normalized spacial score (nSPS) is 11.5. The molecule has 99 heavy (non-hydrogen) atoms. The number of rotatable bonds is 65. The lowest BCUT2D eigenvalue weighted by Gasteiger charge is -2.26. The first kappa shape index (κ1) is 87.1. The maximum atomic E-state index is 14.6. The van der Waals surface area contributed by atoms with E-state index in [4.69, 9.17) is 99.5 Å². The maximum absolute atomic E-state index is 14.6. The highest BCUT2D eigenvalue weighted by atomic mass is 16.6. The van der Waals surface area contributed by atoms with Crippen molar-refractivity contribution in [3.05, 3.63) is 88.5 Å². The Balaban J connectivity index is 2.01. The van der Waals surface area contributed by atoms with Crippen LogP contribution in [0.25, 0.3) is 0 Å². The molecular formula is C70H113N3O26. The average molecular weight is 1410 g/mol. The maximum Gasteiger partial charge on any atom is 0.407 e. The van der Waals surface area contributed by atoms with E-state index in [1.54, 1.807) is 61.3 Å². The van der Waals surface area contributed by atoms with Crippen molar-refractivity contribution in [2.75, 3.05) is 240 Å². The molecule has 0 spiro atoms. The van der Waals surface area contributed by atoms with Gasteiger partial charge in [0.2, 0.25) is 5.75 Å². The molecule has 0 aliphatic heterocycles. The van der Waals surface area contributed by atoms with Crippen LogP contribution in [0.3, 0.4) is 0 Å². The van der Waals surface area contributed by atoms with E-state index >= 15 is 0 Å². The third-order valence-corrected chi connectivity index (χ3v) is 13.4. The van der Waals surface area contributed by atoms with Crippen LogP contribution in [0.4, 0.5) is 9.59 Å². The second kappa shape index (κ2) is 58.5. The van der Waals surface area contributed by atoms with Gasteiger partial charge in [0.25, 0.3) is 5.91 Å². The molecule has 3 amide bonds. The van der Waals surface area contributed by atoms with Gasteiger partial charge in [-0.25, -0.2) is 14.4 Å². The zero-order valence-corrected chi connectivity index (χ0v) is 59.5. The summed E-state index contributed by atoms with van der Waals surface area (Å²) in [5.74, 6) is -1.31. The molecule has 0 fully saturated rings. The minimum atomic E-state index is -1.08. The van der Waals surface area contributed by atoms with E-state index in [0.717, 1.165) is 16.7 Å². The first-order valence-corrected chi connectivity index (χ1v) is 33.8. The van der Waals surface area contributed by atoms with Crippen molar-refractivity contribution in [1.82, 2.24) is 16.0 Å². The Labute approximate surface area is 584 Å². The highest BCUT2D eigenvalue weighted by Crippen LogP contribution is 2.41. The number of amides is 3. The predicted octanol–water partition coefficient (Wildman–Crippen LogP) is 6.18. The summed E-state index contributed by atoms with van der Waals surface area (Å²) in [6.07, 6.45) is -0.653. The molecule has 0 atom stereocenters. The SMILES string of the molecule is COCCOCCOCCOCC(COCCOCCOCCOC)Oc1cc(C(=O)NCCCc2cc(CCCNC(=O)OCc3ccccc3)cc(C(=O)O)c2)cc(OC(COCCOCCOCCOC)COCCOCCOCCOC)c1OCCCNC(=O)OC(C)(C)C. The fourth-order valence-corrected chi connectivity index (χ4v) is 8.58. The Morgan fingerprint density at radius 2 is 0.768 bits per heavy atom. The number of carbonyl (C=O) groups is 4. The fraction of sp³-hybridized carbons (Fsp3) is 0.686. The van der Waals surface area contributed by atoms with E-state index in [9.17, 15) is 24.3 Å². The van der Waals surface area contributed by atoms with Crippen LogP contribution in [-0.4, -0.2) is 287 Å². The molecule has 0 heterocycles. The van der Waals surface area contributed by atoms with Crippen LogP contribution in [0.2, 0.25) is 0 Å². The quantitative estimate of drug-likeness (QED) is 0.0458. The zero-order valence-electron chi connectivity index (χ0n) is 59.5. The second-order valence-corrected chi connectivity index (χ2v) is 22.9. The van der Waals surface area contributed by atoms with Crippen molar-refractivity contribution in [2.24, 2.45) is 0 Å². The predicted molar refractivity (Wildman–Crippen MR) is 364 cm³/mol. The van der Waals surface area contributed by atoms with Gasteiger partial charge in [0, 0.05) is 53.6 Å². The summed E-state index contributed by atoms with van der Waals surface area (Å²) in [5, 5.41) is 18.6. The Morgan fingerprint density at radius 1 is 0.404 bits per heavy atom. The number of aryl methyl sites for hydroxylation is 2. The minimum Gasteiger partial charge on any atom is -0.486 e. The second-order valence-electron chi connectivity index (χ2n) is 22.9. The molecule has 0 unspecified atom stereocenters. The standard InChI is InChI=1S/C70H113N3O26/c1-70(2,3)99-69(78)73-20-13-21-95-65-63(97-61(52-91-42-38-87-34-30-83-26-22-79-4)53-92-43-39-88-35-31-84-27-23-80-5)49-59(50-64(65)98-62(54-93-44-40-89-36-32-85-28-24-81-6)55-94-45-41-90-37-33-86-29-25-82-7)66(74)71-18-11-16-57-46-58(48-60(47-57)67(75)76)17-12-19-72-68(77)96-51-56-14-9-8-10-15-56/h8-10,14-15,46-50,61-62H,11-13,16-45,51-55H2,1-7H3,(H,71,74)(H,72,77)(H,73,78)(H,75,76). The van der Waals surface area contributed by atoms with Crippen LogP contribution in [-0.2, 0) is 105 Å². The topological polar surface area (TPSA) is 318 Å². The number of carboxylic acid groups (broad SMARTS) is 1. The lowest BCUT2D eigenvalue weighted by molar-refractivity contribution is -0.0433. The number of hydrogen-bond acceptors (Lipinski definition) is 25. The summed E-state index contributed by atoms with van der Waals surface area (Å²) in [5.41, 5.74) is 1.91. The molecule has 3 aromatic carbocycles. The molecule has 0 radical (unpaired) electrons. The molecule has 0 saturated carbocycles. The van der Waals surface area contributed by atoms with Crippen molar-refractivity contribution >= 4 is 24.1 Å². The van der Waals surface area contributed by atoms with E-state index in [-0.39, 0.29) is 134 Å². The van der Waals surface area contributed by atoms with Crippen molar-refractivity contribution in [3.63, 3.8) is 0 Å². The molecule has 4 N–H and O–H groups in total. The van der Waals surface area contributed by atoms with Crippen molar-refractivity contribution in [3.8, 4) is 17.2 Å². The number of methoxy groups -OCH3 is 4. The third kappa shape index (κ3) is 46.9. The summed E-state index contributed by atoms with van der Waals surface area (Å²) in [6.45, 7) is 14.3. The highest BCUT2D eigenvalue weighted by Gasteiger charge is 2.26. The smallest absolute Gasteiger partial charge is 0.407 e. The summed E-state index contributed by atoms with van der Waals surface area (Å²) >= 11 is 0. The van der Waals surface area contributed by atoms with Crippen molar-refractivity contribution in [2.45, 2.75) is 77.3 Å². The summed E-state index contributed by atoms with van der Waals surface area (Å²) in [4.78, 5) is 52.1. The van der Waals surface area contributed by atoms with Gasteiger partial charge in [-0.1, -0.05) is 36.4 Å². The van der Waals surface area contributed by atoms with Crippen molar-refractivity contribution in [1.29, 1.82) is 0 Å². The number of ether oxygens (including phenoxy) is 21. The van der Waals surface area contributed by atoms with Gasteiger partial charge in [0.05, 0.1) is 197 Å². The number of hydrogen-bond donors (Lipinski definition) is 4. The van der Waals surface area contributed by atoms with Crippen LogP contribution in [0.1, 0.15) is 77.4 Å². The van der Waals surface area contributed by atoms with E-state index in [0.29, 0.717) is 144 Å². The van der Waals surface area contributed by atoms with Gasteiger partial charge in [-0.2, -0.15) is 0 Å². The molecule has 3 rings (SSSR count). The van der Waals surface area contributed by atoms with E-state index in [1.165, 1.54) is 12.1 Å². The summed E-state index contributed by atoms with van der Waals surface area (Å²) in [6, 6.07) is 17.6.